The van der Waals surface area contributed by atoms with E-state index in [9.17, 15) is 9.90 Å². The number of rotatable bonds is 4. The average molecular weight is 265 g/mol. The van der Waals surface area contributed by atoms with Crippen LogP contribution in [0.25, 0.3) is 0 Å². The maximum absolute atomic E-state index is 11.2. The van der Waals surface area contributed by atoms with Gasteiger partial charge in [-0.3, -0.25) is 4.79 Å². The molecule has 0 saturated carbocycles. The van der Waals surface area contributed by atoms with Crippen molar-refractivity contribution in [3.05, 3.63) is 23.8 Å². The Morgan fingerprint density at radius 1 is 1.38 bits per heavy atom. The molecule has 0 aliphatic heterocycles. The first kappa shape index (κ1) is 15.0. The van der Waals surface area contributed by atoms with Gasteiger partial charge in [0, 0.05) is 17.1 Å². The van der Waals surface area contributed by atoms with Crippen molar-refractivity contribution in [2.24, 2.45) is 0 Å². The quantitative estimate of drug-likeness (QED) is 0.556. The maximum Gasteiger partial charge on any atom is 0.157 e. The van der Waals surface area contributed by atoms with Crippen LogP contribution in [0.1, 0.15) is 12.5 Å². The van der Waals surface area contributed by atoms with E-state index in [0.717, 1.165) is 5.56 Å². The second-order valence-corrected chi connectivity index (χ2v) is 3.48. The molecule has 0 fully saturated rings. The fourth-order valence-electron chi connectivity index (χ4n) is 1.38. The van der Waals surface area contributed by atoms with Crippen molar-refractivity contribution >= 4 is 5.78 Å². The van der Waals surface area contributed by atoms with Crippen LogP contribution in [-0.4, -0.2) is 29.1 Å². The topological polar surface area (TPSA) is 69.6 Å². The molecule has 1 rings (SSSR count). The third-order valence-corrected chi connectivity index (χ3v) is 2.32. The Labute approximate surface area is 105 Å². The minimum Gasteiger partial charge on any atom is -0.504 e. The number of carbonyl (C=O) groups excluding carboxylic acids is 1. The summed E-state index contributed by atoms with van der Waals surface area (Å²) in [5, 5.41) is 21.3. The Bertz CT molecular complexity index is 368. The Kier molecular flexibility index (Phi) is 6.11. The van der Waals surface area contributed by atoms with Crippen LogP contribution in [0, 0.1) is 0 Å². The maximum atomic E-state index is 11.2. The normalized spacial score (nSPS) is 11.6. The van der Waals surface area contributed by atoms with Gasteiger partial charge in [-0.1, -0.05) is 6.07 Å². The molecule has 0 heterocycles. The molecule has 1 atom stereocenters. The van der Waals surface area contributed by atoms with E-state index in [1.165, 1.54) is 19.1 Å². The number of phenols is 2. The molecule has 5 heteroatoms. The molecule has 0 spiro atoms. The first-order valence-corrected chi connectivity index (χ1v) is 4.73. The number of aromatic hydroxyl groups is 2. The molecule has 0 bridgehead atoms. The van der Waals surface area contributed by atoms with E-state index in [1.54, 1.807) is 13.1 Å². The average Bonchev–Trinajstić information content (AvgIpc) is 2.19. The van der Waals surface area contributed by atoms with Crippen LogP contribution in [0.5, 0.6) is 11.5 Å². The Morgan fingerprint density at radius 3 is 2.44 bits per heavy atom. The van der Waals surface area contributed by atoms with Crippen LogP contribution in [0.3, 0.4) is 0 Å². The summed E-state index contributed by atoms with van der Waals surface area (Å²) in [6.45, 7) is 1.52. The van der Waals surface area contributed by atoms with Gasteiger partial charge in [0.05, 0.1) is 6.04 Å². The molecule has 1 aromatic carbocycles. The number of nitrogens with one attached hydrogen (secondary N) is 1. The zero-order valence-electron chi connectivity index (χ0n) is 9.17. The van der Waals surface area contributed by atoms with Crippen molar-refractivity contribution in [1.82, 2.24) is 5.32 Å². The van der Waals surface area contributed by atoms with Crippen LogP contribution >= 0.6 is 0 Å². The van der Waals surface area contributed by atoms with E-state index in [4.69, 9.17) is 5.11 Å². The molecule has 0 aliphatic rings. The summed E-state index contributed by atoms with van der Waals surface area (Å²) in [4.78, 5) is 11.2. The number of phenolic OH excluding ortho intramolecular Hbond substituents is 2. The van der Waals surface area contributed by atoms with E-state index in [2.05, 4.69) is 5.32 Å². The Balaban J connectivity index is 0.00000225. The number of likely N-dealkylation sites (N-methyl/N-ethyl adjacent to an activating group) is 1. The molecule has 0 aliphatic carbocycles. The van der Waals surface area contributed by atoms with E-state index < -0.39 is 0 Å². The molecule has 1 aromatic rings. The standard InChI is InChI=1S/C11H15NO3.Fe/c1-7(13)9(12-2)5-8-3-4-10(14)11(15)6-8;/h3-4,6,9,12,14-15H,5H2,1-2H3;/t9-;/m0./s1. The second-order valence-electron chi connectivity index (χ2n) is 3.48. The van der Waals surface area contributed by atoms with Crippen molar-refractivity contribution in [2.45, 2.75) is 19.4 Å². The molecule has 0 saturated heterocycles. The summed E-state index contributed by atoms with van der Waals surface area (Å²) in [6, 6.07) is 4.30. The fraction of sp³-hybridized carbons (Fsp3) is 0.364. The van der Waals surface area contributed by atoms with Crippen molar-refractivity contribution in [2.75, 3.05) is 7.05 Å². The number of hydrogen-bond donors (Lipinski definition) is 3. The van der Waals surface area contributed by atoms with Crippen molar-refractivity contribution in [3.63, 3.8) is 0 Å². The van der Waals surface area contributed by atoms with Gasteiger partial charge < -0.3 is 15.5 Å². The number of ketones is 1. The van der Waals surface area contributed by atoms with Crippen LogP contribution in [0.4, 0.5) is 0 Å². The molecule has 90 valence electrons. The van der Waals surface area contributed by atoms with Crippen molar-refractivity contribution < 1.29 is 32.1 Å². The SMILES string of the molecule is CN[C@@H](Cc1ccc(O)c(O)c1)C(C)=O.[Fe]. The largest absolute Gasteiger partial charge is 0.504 e. The smallest absolute Gasteiger partial charge is 0.157 e. The third-order valence-electron chi connectivity index (χ3n) is 2.32. The number of carbonyl (C=O) groups is 1. The van der Waals surface area contributed by atoms with Gasteiger partial charge in [0.1, 0.15) is 5.78 Å². The predicted octanol–water partition coefficient (Wildman–Crippen LogP) is 0.815. The molecule has 0 unspecified atom stereocenters. The minimum absolute atomic E-state index is 0. The monoisotopic (exact) mass is 265 g/mol. The van der Waals surface area contributed by atoms with E-state index in [1.807, 2.05) is 0 Å². The number of benzene rings is 1. The van der Waals surface area contributed by atoms with Gasteiger partial charge in [-0.25, -0.2) is 0 Å². The number of Topliss-reactive ketones (excluding diaryl/α,β-unsaturated/α-hetero) is 1. The fourth-order valence-corrected chi connectivity index (χ4v) is 1.38. The first-order chi connectivity index (χ1) is 7.04. The van der Waals surface area contributed by atoms with Gasteiger partial charge in [0.25, 0.3) is 0 Å². The molecule has 0 radical (unpaired) electrons. The summed E-state index contributed by atoms with van der Waals surface area (Å²) in [5.74, 6) is -0.265. The molecule has 3 N–H and O–H groups in total. The van der Waals surface area contributed by atoms with Gasteiger partial charge in [0.15, 0.2) is 11.5 Å². The van der Waals surface area contributed by atoms with E-state index >= 15 is 0 Å². The van der Waals surface area contributed by atoms with E-state index in [0.29, 0.717) is 6.42 Å². The third kappa shape index (κ3) is 3.85. The molecule has 0 aromatic heterocycles. The second kappa shape index (κ2) is 6.53. The van der Waals surface area contributed by atoms with Gasteiger partial charge in [-0.15, -0.1) is 0 Å². The van der Waals surface area contributed by atoms with Crippen LogP contribution in [-0.2, 0) is 28.3 Å². The molecule has 16 heavy (non-hydrogen) atoms. The zero-order valence-corrected chi connectivity index (χ0v) is 10.3. The molecule has 0 amide bonds. The van der Waals surface area contributed by atoms with Crippen molar-refractivity contribution in [1.29, 1.82) is 0 Å². The predicted molar refractivity (Wildman–Crippen MR) is 57.0 cm³/mol. The first-order valence-electron chi connectivity index (χ1n) is 4.73. The number of hydrogen-bond acceptors (Lipinski definition) is 4. The van der Waals surface area contributed by atoms with Crippen LogP contribution in [0.15, 0.2) is 18.2 Å². The minimum atomic E-state index is -0.256. The van der Waals surface area contributed by atoms with Gasteiger partial charge >= 0.3 is 0 Å². The van der Waals surface area contributed by atoms with E-state index in [-0.39, 0.29) is 40.4 Å². The summed E-state index contributed by atoms with van der Waals surface area (Å²) in [6.07, 6.45) is 0.500. The summed E-state index contributed by atoms with van der Waals surface area (Å²) < 4.78 is 0. The summed E-state index contributed by atoms with van der Waals surface area (Å²) in [5.41, 5.74) is 0.805. The molecular weight excluding hydrogens is 250 g/mol. The molecular formula is C11H15FeNO3. The summed E-state index contributed by atoms with van der Waals surface area (Å²) >= 11 is 0. The van der Waals surface area contributed by atoms with Crippen LogP contribution < -0.4 is 5.32 Å². The summed E-state index contributed by atoms with van der Waals surface area (Å²) in [7, 11) is 1.71. The van der Waals surface area contributed by atoms with Gasteiger partial charge in [-0.05, 0) is 38.1 Å². The van der Waals surface area contributed by atoms with Gasteiger partial charge in [0.2, 0.25) is 0 Å². The van der Waals surface area contributed by atoms with Crippen LogP contribution in [0.2, 0.25) is 0 Å². The Hall–Kier alpha value is -1.03. The Morgan fingerprint density at radius 2 is 2.00 bits per heavy atom. The molecule has 4 nitrogen and oxygen atoms in total. The van der Waals surface area contributed by atoms with Gasteiger partial charge in [-0.2, -0.15) is 0 Å². The van der Waals surface area contributed by atoms with Crippen molar-refractivity contribution in [3.8, 4) is 11.5 Å². The zero-order chi connectivity index (χ0) is 11.4.